The van der Waals surface area contributed by atoms with Crippen LogP contribution in [0.2, 0.25) is 10.0 Å². The number of halogens is 2. The Labute approximate surface area is 130 Å². The minimum Gasteiger partial charge on any atom is -0.480 e. The molecule has 0 aliphatic carbocycles. The van der Waals surface area contributed by atoms with E-state index in [-0.39, 0.29) is 15.7 Å². The zero-order valence-electron chi connectivity index (χ0n) is 11.0. The first-order chi connectivity index (χ1) is 9.72. The van der Waals surface area contributed by atoms with Gasteiger partial charge in [-0.1, -0.05) is 29.3 Å². The fourth-order valence-corrected chi connectivity index (χ4v) is 1.97. The molecule has 0 unspecified atom stereocenters. The van der Waals surface area contributed by atoms with Crippen LogP contribution in [0.15, 0.2) is 12.1 Å². The van der Waals surface area contributed by atoms with Gasteiger partial charge in [-0.15, -0.1) is 0 Å². The van der Waals surface area contributed by atoms with Crippen molar-refractivity contribution in [2.75, 3.05) is 18.4 Å². The summed E-state index contributed by atoms with van der Waals surface area (Å²) in [4.78, 5) is 34.4. The van der Waals surface area contributed by atoms with Gasteiger partial charge >= 0.3 is 12.0 Å². The fourth-order valence-electron chi connectivity index (χ4n) is 1.51. The van der Waals surface area contributed by atoms with E-state index in [4.69, 9.17) is 34.0 Å². The second-order valence-corrected chi connectivity index (χ2v) is 4.98. The van der Waals surface area contributed by atoms with Gasteiger partial charge in [-0.05, 0) is 18.6 Å². The molecule has 1 aromatic rings. The first kappa shape index (κ1) is 17.1. The summed E-state index contributed by atoms with van der Waals surface area (Å²) in [6.07, 6.45) is 0. The number of anilines is 1. The highest BCUT2D eigenvalue weighted by molar-refractivity contribution is 6.40. The van der Waals surface area contributed by atoms with Crippen LogP contribution in [0, 0.1) is 6.92 Å². The maximum Gasteiger partial charge on any atom is 0.323 e. The molecule has 0 saturated heterocycles. The van der Waals surface area contributed by atoms with E-state index in [1.54, 1.807) is 13.0 Å². The van der Waals surface area contributed by atoms with Crippen molar-refractivity contribution in [2.45, 2.75) is 6.92 Å². The van der Waals surface area contributed by atoms with E-state index in [1.165, 1.54) is 6.07 Å². The zero-order valence-corrected chi connectivity index (χ0v) is 12.5. The van der Waals surface area contributed by atoms with Gasteiger partial charge in [0, 0.05) is 0 Å². The average molecular weight is 334 g/mol. The number of carboxylic acid groups (broad SMARTS) is 1. The van der Waals surface area contributed by atoms with Gasteiger partial charge in [-0.25, -0.2) is 4.79 Å². The number of rotatable bonds is 5. The van der Waals surface area contributed by atoms with E-state index in [0.717, 1.165) is 4.90 Å². The standard InChI is InChI=1S/C12H13Cl2N3O4/c1-6-2-3-7(13)11(10(6)14)16-12(21)17(4-8(15)18)5-9(19)20/h2-3H,4-5H2,1H3,(H2,15,18)(H,16,21)(H,19,20). The van der Waals surface area contributed by atoms with Gasteiger partial charge in [0.15, 0.2) is 0 Å². The number of nitrogens with two attached hydrogens (primary N) is 1. The summed E-state index contributed by atoms with van der Waals surface area (Å²) in [7, 11) is 0. The van der Waals surface area contributed by atoms with Crippen molar-refractivity contribution in [1.29, 1.82) is 0 Å². The molecule has 0 spiro atoms. The number of urea groups is 1. The smallest absolute Gasteiger partial charge is 0.323 e. The van der Waals surface area contributed by atoms with Crippen LogP contribution in [0.1, 0.15) is 5.56 Å². The summed E-state index contributed by atoms with van der Waals surface area (Å²) < 4.78 is 0. The SMILES string of the molecule is Cc1ccc(Cl)c(NC(=O)N(CC(N)=O)CC(=O)O)c1Cl. The van der Waals surface area contributed by atoms with E-state index >= 15 is 0 Å². The van der Waals surface area contributed by atoms with Gasteiger partial charge in [-0.2, -0.15) is 0 Å². The quantitative estimate of drug-likeness (QED) is 0.761. The molecule has 0 saturated carbocycles. The summed E-state index contributed by atoms with van der Waals surface area (Å²) in [5.74, 6) is -2.12. The maximum atomic E-state index is 12.0. The lowest BCUT2D eigenvalue weighted by atomic mass is 10.2. The number of carbonyl (C=O) groups is 3. The topological polar surface area (TPSA) is 113 Å². The molecule has 1 rings (SSSR count). The van der Waals surface area contributed by atoms with Crippen LogP contribution in [0.5, 0.6) is 0 Å². The lowest BCUT2D eigenvalue weighted by Crippen LogP contribution is -2.43. The number of nitrogens with one attached hydrogen (secondary N) is 1. The highest BCUT2D eigenvalue weighted by atomic mass is 35.5. The van der Waals surface area contributed by atoms with Gasteiger partial charge in [-0.3, -0.25) is 9.59 Å². The predicted molar refractivity (Wildman–Crippen MR) is 78.6 cm³/mol. The van der Waals surface area contributed by atoms with Crippen molar-refractivity contribution in [3.05, 3.63) is 27.7 Å². The molecule has 21 heavy (non-hydrogen) atoms. The molecule has 7 nitrogen and oxygen atoms in total. The largest absolute Gasteiger partial charge is 0.480 e. The third-order valence-electron chi connectivity index (χ3n) is 2.48. The van der Waals surface area contributed by atoms with E-state index in [0.29, 0.717) is 5.56 Å². The van der Waals surface area contributed by atoms with Gasteiger partial charge in [0.05, 0.1) is 15.7 Å². The summed E-state index contributed by atoms with van der Waals surface area (Å²) in [6, 6.07) is 2.36. The number of aryl methyl sites for hydroxylation is 1. The summed E-state index contributed by atoms with van der Waals surface area (Å²) in [5, 5.41) is 11.5. The number of aliphatic carboxylic acids is 1. The van der Waals surface area contributed by atoms with Crippen molar-refractivity contribution < 1.29 is 19.5 Å². The Morgan fingerprint density at radius 2 is 1.90 bits per heavy atom. The zero-order chi connectivity index (χ0) is 16.2. The van der Waals surface area contributed by atoms with Crippen molar-refractivity contribution in [1.82, 2.24) is 4.90 Å². The molecule has 0 radical (unpaired) electrons. The van der Waals surface area contributed by atoms with Crippen molar-refractivity contribution in [3.63, 3.8) is 0 Å². The molecule has 0 fully saturated rings. The fraction of sp³-hybridized carbons (Fsp3) is 0.250. The number of primary amides is 1. The Balaban J connectivity index is 2.98. The third-order valence-corrected chi connectivity index (χ3v) is 3.28. The number of hydrogen-bond donors (Lipinski definition) is 3. The number of hydrogen-bond acceptors (Lipinski definition) is 3. The molecular formula is C12H13Cl2N3O4. The average Bonchev–Trinajstić information content (AvgIpc) is 2.37. The first-order valence-electron chi connectivity index (χ1n) is 5.73. The minimum atomic E-state index is -1.28. The van der Waals surface area contributed by atoms with Gasteiger partial charge in [0.1, 0.15) is 13.1 Å². The van der Waals surface area contributed by atoms with Gasteiger partial charge in [0.2, 0.25) is 5.91 Å². The van der Waals surface area contributed by atoms with Crippen LogP contribution in [-0.4, -0.2) is 41.0 Å². The normalized spacial score (nSPS) is 10.0. The van der Waals surface area contributed by atoms with Crippen LogP contribution >= 0.6 is 23.2 Å². The molecule has 0 aliphatic heterocycles. The summed E-state index contributed by atoms with van der Waals surface area (Å²) in [5.41, 5.74) is 5.80. The third kappa shape index (κ3) is 4.80. The Bertz CT molecular complexity index is 576. The molecule has 0 aromatic heterocycles. The number of carbonyl (C=O) groups excluding carboxylic acids is 2. The monoisotopic (exact) mass is 333 g/mol. The van der Waals surface area contributed by atoms with Gasteiger partial charge < -0.3 is 21.1 Å². The number of nitrogens with zero attached hydrogens (tertiary/aromatic N) is 1. The van der Waals surface area contributed by atoms with E-state index in [9.17, 15) is 14.4 Å². The minimum absolute atomic E-state index is 0.142. The van der Waals surface area contributed by atoms with Gasteiger partial charge in [0.25, 0.3) is 0 Å². The van der Waals surface area contributed by atoms with E-state index in [1.807, 2.05) is 0 Å². The summed E-state index contributed by atoms with van der Waals surface area (Å²) >= 11 is 12.0. The molecule has 0 aliphatic rings. The Hall–Kier alpha value is -1.99. The van der Waals surface area contributed by atoms with Crippen LogP contribution < -0.4 is 11.1 Å². The molecule has 4 N–H and O–H groups in total. The van der Waals surface area contributed by atoms with Crippen molar-refractivity contribution >= 4 is 46.8 Å². The Morgan fingerprint density at radius 1 is 1.29 bits per heavy atom. The Morgan fingerprint density at radius 3 is 2.43 bits per heavy atom. The molecule has 0 bridgehead atoms. The van der Waals surface area contributed by atoms with E-state index in [2.05, 4.69) is 5.32 Å². The molecule has 1 aromatic carbocycles. The predicted octanol–water partition coefficient (Wildman–Crippen LogP) is 1.71. The number of carboxylic acids is 1. The lowest BCUT2D eigenvalue weighted by molar-refractivity contribution is -0.137. The Kier molecular flexibility index (Phi) is 5.80. The number of benzene rings is 1. The molecule has 0 atom stereocenters. The molecule has 0 heterocycles. The number of amides is 3. The second-order valence-electron chi connectivity index (χ2n) is 4.20. The summed E-state index contributed by atoms with van der Waals surface area (Å²) in [6.45, 7) is 0.488. The van der Waals surface area contributed by atoms with Crippen LogP contribution in [-0.2, 0) is 9.59 Å². The maximum absolute atomic E-state index is 12.0. The molecular weight excluding hydrogens is 321 g/mol. The van der Waals surface area contributed by atoms with Crippen LogP contribution in [0.4, 0.5) is 10.5 Å². The first-order valence-corrected chi connectivity index (χ1v) is 6.48. The highest BCUT2D eigenvalue weighted by Gasteiger charge is 2.21. The molecule has 9 heteroatoms. The lowest BCUT2D eigenvalue weighted by Gasteiger charge is -2.20. The molecule has 114 valence electrons. The second kappa shape index (κ2) is 7.14. The van der Waals surface area contributed by atoms with Crippen LogP contribution in [0.3, 0.4) is 0 Å². The van der Waals surface area contributed by atoms with Crippen molar-refractivity contribution in [3.8, 4) is 0 Å². The van der Waals surface area contributed by atoms with Crippen molar-refractivity contribution in [2.24, 2.45) is 5.73 Å². The highest BCUT2D eigenvalue weighted by Crippen LogP contribution is 2.33. The molecule has 3 amide bonds. The van der Waals surface area contributed by atoms with Crippen LogP contribution in [0.25, 0.3) is 0 Å². The van der Waals surface area contributed by atoms with E-state index < -0.39 is 31.0 Å².